The predicted molar refractivity (Wildman–Crippen MR) is 57.9 cm³/mol. The van der Waals surface area contributed by atoms with E-state index in [-0.39, 0.29) is 5.97 Å². The summed E-state index contributed by atoms with van der Waals surface area (Å²) in [4.78, 5) is 11.3. The molecular formula is C9H8Br2O2. The lowest BCUT2D eigenvalue weighted by Gasteiger charge is -2.06. The summed E-state index contributed by atoms with van der Waals surface area (Å²) >= 11 is 6.66. The van der Waals surface area contributed by atoms with Gasteiger partial charge in [0.15, 0.2) is 0 Å². The summed E-state index contributed by atoms with van der Waals surface area (Å²) in [6.07, 6.45) is 0. The molecule has 0 aliphatic carbocycles. The minimum atomic E-state index is -0.320. The Labute approximate surface area is 93.5 Å². The van der Waals surface area contributed by atoms with E-state index in [9.17, 15) is 4.79 Å². The van der Waals surface area contributed by atoms with E-state index in [0.29, 0.717) is 5.56 Å². The van der Waals surface area contributed by atoms with Gasteiger partial charge in [0.25, 0.3) is 0 Å². The number of esters is 1. The minimum absolute atomic E-state index is 0.320. The molecule has 0 aromatic heterocycles. The van der Waals surface area contributed by atoms with Crippen LogP contribution in [0.15, 0.2) is 21.1 Å². The van der Waals surface area contributed by atoms with Crippen molar-refractivity contribution >= 4 is 37.8 Å². The Morgan fingerprint density at radius 2 is 2.00 bits per heavy atom. The van der Waals surface area contributed by atoms with Gasteiger partial charge in [0.1, 0.15) is 0 Å². The molecule has 0 N–H and O–H groups in total. The van der Waals surface area contributed by atoms with Crippen LogP contribution in [-0.4, -0.2) is 13.1 Å². The van der Waals surface area contributed by atoms with Crippen molar-refractivity contribution in [2.75, 3.05) is 7.11 Å². The molecular weight excluding hydrogens is 300 g/mol. The number of halogens is 2. The molecule has 0 bridgehead atoms. The lowest BCUT2D eigenvalue weighted by Crippen LogP contribution is -2.04. The number of rotatable bonds is 1. The smallest absolute Gasteiger partial charge is 0.338 e. The van der Waals surface area contributed by atoms with Gasteiger partial charge in [-0.05, 0) is 24.6 Å². The molecule has 13 heavy (non-hydrogen) atoms. The number of hydrogen-bond donors (Lipinski definition) is 0. The third-order valence-corrected chi connectivity index (χ3v) is 3.00. The van der Waals surface area contributed by atoms with Crippen molar-refractivity contribution in [2.24, 2.45) is 0 Å². The fourth-order valence-electron chi connectivity index (χ4n) is 0.968. The summed E-state index contributed by atoms with van der Waals surface area (Å²) in [7, 11) is 1.37. The maximum absolute atomic E-state index is 11.3. The molecule has 0 amide bonds. The van der Waals surface area contributed by atoms with Crippen molar-refractivity contribution in [2.45, 2.75) is 6.92 Å². The van der Waals surface area contributed by atoms with Crippen LogP contribution in [0.1, 0.15) is 15.9 Å². The topological polar surface area (TPSA) is 26.3 Å². The van der Waals surface area contributed by atoms with Crippen LogP contribution < -0.4 is 0 Å². The van der Waals surface area contributed by atoms with Gasteiger partial charge in [-0.3, -0.25) is 0 Å². The van der Waals surface area contributed by atoms with Gasteiger partial charge in [0, 0.05) is 8.95 Å². The monoisotopic (exact) mass is 306 g/mol. The van der Waals surface area contributed by atoms with Gasteiger partial charge in [0.2, 0.25) is 0 Å². The van der Waals surface area contributed by atoms with Gasteiger partial charge >= 0.3 is 5.97 Å². The summed E-state index contributed by atoms with van der Waals surface area (Å²) in [5.41, 5.74) is 1.46. The quantitative estimate of drug-likeness (QED) is 0.744. The summed E-state index contributed by atoms with van der Waals surface area (Å²) in [5.74, 6) is -0.320. The number of carbonyl (C=O) groups is 1. The zero-order valence-electron chi connectivity index (χ0n) is 7.23. The van der Waals surface area contributed by atoms with E-state index in [4.69, 9.17) is 0 Å². The Balaban J connectivity index is 3.28. The normalized spacial score (nSPS) is 9.85. The summed E-state index contributed by atoms with van der Waals surface area (Å²) in [6.45, 7) is 1.86. The van der Waals surface area contributed by atoms with Crippen LogP contribution in [0.4, 0.5) is 0 Å². The highest BCUT2D eigenvalue weighted by atomic mass is 79.9. The van der Waals surface area contributed by atoms with Crippen LogP contribution in [0.25, 0.3) is 0 Å². The van der Waals surface area contributed by atoms with E-state index in [1.54, 1.807) is 6.07 Å². The van der Waals surface area contributed by atoms with Crippen molar-refractivity contribution in [3.8, 4) is 0 Å². The van der Waals surface area contributed by atoms with Crippen LogP contribution in [0.3, 0.4) is 0 Å². The number of methoxy groups -OCH3 is 1. The van der Waals surface area contributed by atoms with E-state index in [0.717, 1.165) is 14.5 Å². The lowest BCUT2D eigenvalue weighted by molar-refractivity contribution is 0.0599. The first-order valence-electron chi connectivity index (χ1n) is 3.60. The second-order valence-corrected chi connectivity index (χ2v) is 4.32. The molecule has 0 aliphatic heterocycles. The number of hydrogen-bond acceptors (Lipinski definition) is 2. The van der Waals surface area contributed by atoms with E-state index < -0.39 is 0 Å². The first-order chi connectivity index (χ1) is 6.06. The Morgan fingerprint density at radius 1 is 1.38 bits per heavy atom. The molecule has 0 fully saturated rings. The third kappa shape index (κ3) is 2.31. The molecule has 70 valence electrons. The van der Waals surface area contributed by atoms with E-state index >= 15 is 0 Å². The Morgan fingerprint density at radius 3 is 2.54 bits per heavy atom. The highest BCUT2D eigenvalue weighted by Gasteiger charge is 2.11. The highest BCUT2D eigenvalue weighted by molar-refractivity contribution is 9.11. The Kier molecular flexibility index (Phi) is 3.50. The SMILES string of the molecule is COC(=O)c1cc(Br)cc(Br)c1C. The van der Waals surface area contributed by atoms with Gasteiger partial charge in [-0.25, -0.2) is 4.79 Å². The van der Waals surface area contributed by atoms with E-state index in [1.165, 1.54) is 7.11 Å². The van der Waals surface area contributed by atoms with Crippen LogP contribution >= 0.6 is 31.9 Å². The third-order valence-electron chi connectivity index (χ3n) is 1.71. The predicted octanol–water partition coefficient (Wildman–Crippen LogP) is 3.31. The molecule has 4 heteroatoms. The first-order valence-corrected chi connectivity index (χ1v) is 5.19. The Hall–Kier alpha value is -0.350. The molecule has 0 unspecified atom stereocenters. The average molecular weight is 308 g/mol. The summed E-state index contributed by atoms with van der Waals surface area (Å²) in [6, 6.07) is 3.63. The highest BCUT2D eigenvalue weighted by Crippen LogP contribution is 2.25. The van der Waals surface area contributed by atoms with Crippen molar-refractivity contribution in [1.29, 1.82) is 0 Å². The molecule has 2 nitrogen and oxygen atoms in total. The fourth-order valence-corrected chi connectivity index (χ4v) is 2.19. The molecule has 0 aliphatic rings. The van der Waals surface area contributed by atoms with Gasteiger partial charge < -0.3 is 4.74 Å². The molecule has 0 radical (unpaired) electrons. The average Bonchev–Trinajstić information content (AvgIpc) is 2.10. The zero-order chi connectivity index (χ0) is 10.0. The molecule has 1 aromatic rings. The Bertz CT molecular complexity index is 348. The van der Waals surface area contributed by atoms with Crippen LogP contribution in [0.2, 0.25) is 0 Å². The summed E-state index contributed by atoms with van der Waals surface area (Å²) < 4.78 is 6.39. The van der Waals surface area contributed by atoms with Crippen molar-refractivity contribution < 1.29 is 9.53 Å². The van der Waals surface area contributed by atoms with Gasteiger partial charge in [-0.15, -0.1) is 0 Å². The maximum Gasteiger partial charge on any atom is 0.338 e. The second-order valence-electron chi connectivity index (χ2n) is 2.55. The van der Waals surface area contributed by atoms with Gasteiger partial charge in [-0.1, -0.05) is 31.9 Å². The molecule has 1 rings (SSSR count). The van der Waals surface area contributed by atoms with Gasteiger partial charge in [-0.2, -0.15) is 0 Å². The molecule has 1 aromatic carbocycles. The lowest BCUT2D eigenvalue weighted by atomic mass is 10.1. The molecule has 0 heterocycles. The number of benzene rings is 1. The van der Waals surface area contributed by atoms with Crippen LogP contribution in [0.5, 0.6) is 0 Å². The minimum Gasteiger partial charge on any atom is -0.465 e. The van der Waals surface area contributed by atoms with E-state index in [1.807, 2.05) is 13.0 Å². The van der Waals surface area contributed by atoms with E-state index in [2.05, 4.69) is 36.6 Å². The van der Waals surface area contributed by atoms with Crippen molar-refractivity contribution in [3.63, 3.8) is 0 Å². The largest absolute Gasteiger partial charge is 0.465 e. The fraction of sp³-hybridized carbons (Fsp3) is 0.222. The maximum atomic E-state index is 11.3. The molecule has 0 spiro atoms. The number of ether oxygens (including phenoxy) is 1. The van der Waals surface area contributed by atoms with Crippen molar-refractivity contribution in [3.05, 3.63) is 32.2 Å². The van der Waals surface area contributed by atoms with Gasteiger partial charge in [0.05, 0.1) is 12.7 Å². The molecule has 0 atom stereocenters. The zero-order valence-corrected chi connectivity index (χ0v) is 10.4. The number of carbonyl (C=O) groups excluding carboxylic acids is 1. The second kappa shape index (κ2) is 4.24. The van der Waals surface area contributed by atoms with Crippen molar-refractivity contribution in [1.82, 2.24) is 0 Å². The summed E-state index contributed by atoms with van der Waals surface area (Å²) in [5, 5.41) is 0. The van der Waals surface area contributed by atoms with Crippen LogP contribution in [-0.2, 0) is 4.74 Å². The first kappa shape index (κ1) is 10.7. The molecule has 0 saturated heterocycles. The van der Waals surface area contributed by atoms with Crippen LogP contribution in [0, 0.1) is 6.92 Å². The standard InChI is InChI=1S/C9H8Br2O2/c1-5-7(9(12)13-2)3-6(10)4-8(5)11/h3-4H,1-2H3. The molecule has 0 saturated carbocycles.